The van der Waals surface area contributed by atoms with Crippen molar-refractivity contribution >= 4 is 34.6 Å². The van der Waals surface area contributed by atoms with Crippen molar-refractivity contribution in [2.24, 2.45) is 4.99 Å². The lowest BCUT2D eigenvalue weighted by molar-refractivity contribution is -0.115. The maximum absolute atomic E-state index is 12.4. The first-order valence-electron chi connectivity index (χ1n) is 8.55. The molecule has 2 heterocycles. The van der Waals surface area contributed by atoms with Gasteiger partial charge >= 0.3 is 0 Å². The zero-order chi connectivity index (χ0) is 18.8. The highest BCUT2D eigenvalue weighted by Crippen LogP contribution is 2.40. The molecule has 1 amide bonds. The molecular formula is C20H18N2O4S. The number of carbonyl (C=O) groups is 1. The topological polar surface area (TPSA) is 69.2 Å². The molecule has 0 radical (unpaired) electrons. The van der Waals surface area contributed by atoms with Crippen molar-refractivity contribution < 1.29 is 19.0 Å². The highest BCUT2D eigenvalue weighted by atomic mass is 32.2. The first-order valence-corrected chi connectivity index (χ1v) is 9.37. The van der Waals surface area contributed by atoms with Gasteiger partial charge in [-0.15, -0.1) is 0 Å². The third-order valence-corrected chi connectivity index (χ3v) is 4.92. The Bertz CT molecular complexity index is 951. The number of benzene rings is 2. The molecule has 1 saturated heterocycles. The maximum atomic E-state index is 12.4. The van der Waals surface area contributed by atoms with Crippen molar-refractivity contribution in [3.63, 3.8) is 0 Å². The molecule has 0 unspecified atom stereocenters. The number of hydrogen-bond donors (Lipinski definition) is 1. The molecule has 2 aliphatic rings. The van der Waals surface area contributed by atoms with Crippen molar-refractivity contribution in [2.45, 2.75) is 13.8 Å². The number of rotatable bonds is 4. The normalized spacial score (nSPS) is 18.2. The molecule has 27 heavy (non-hydrogen) atoms. The Kier molecular flexibility index (Phi) is 4.77. The van der Waals surface area contributed by atoms with Gasteiger partial charge in [-0.2, -0.15) is 0 Å². The van der Waals surface area contributed by atoms with Crippen LogP contribution in [0.15, 0.2) is 46.3 Å². The van der Waals surface area contributed by atoms with Crippen LogP contribution in [0.25, 0.3) is 6.08 Å². The molecule has 4 rings (SSSR count). The van der Waals surface area contributed by atoms with Crippen molar-refractivity contribution in [1.82, 2.24) is 5.32 Å². The molecular weight excluding hydrogens is 364 g/mol. The molecule has 0 aliphatic carbocycles. The van der Waals surface area contributed by atoms with E-state index < -0.39 is 0 Å². The molecule has 6 nitrogen and oxygen atoms in total. The maximum Gasteiger partial charge on any atom is 0.264 e. The van der Waals surface area contributed by atoms with E-state index in [1.54, 1.807) is 12.1 Å². The molecule has 1 N–H and O–H groups in total. The van der Waals surface area contributed by atoms with Gasteiger partial charge in [0, 0.05) is 11.6 Å². The summed E-state index contributed by atoms with van der Waals surface area (Å²) in [4.78, 5) is 17.4. The number of nitrogens with zero attached hydrogens (tertiary/aromatic N) is 1. The van der Waals surface area contributed by atoms with Gasteiger partial charge < -0.3 is 19.5 Å². The van der Waals surface area contributed by atoms with E-state index in [4.69, 9.17) is 14.2 Å². The summed E-state index contributed by atoms with van der Waals surface area (Å²) in [5, 5.41) is 3.35. The first-order chi connectivity index (χ1) is 13.1. The number of ether oxygens (including phenoxy) is 3. The van der Waals surface area contributed by atoms with Crippen molar-refractivity contribution in [1.29, 1.82) is 0 Å². The Morgan fingerprint density at radius 2 is 1.96 bits per heavy atom. The summed E-state index contributed by atoms with van der Waals surface area (Å²) in [5.74, 6) is 1.74. The number of carbonyl (C=O) groups excluding carboxylic acids is 1. The summed E-state index contributed by atoms with van der Waals surface area (Å²) >= 11 is 1.30. The molecule has 7 heteroatoms. The van der Waals surface area contributed by atoms with E-state index >= 15 is 0 Å². The van der Waals surface area contributed by atoms with E-state index in [1.807, 2.05) is 44.2 Å². The third-order valence-electron chi connectivity index (χ3n) is 4.01. The minimum Gasteiger partial charge on any atom is -0.493 e. The average molecular weight is 382 g/mol. The monoisotopic (exact) mass is 382 g/mol. The summed E-state index contributed by atoms with van der Waals surface area (Å²) in [6, 6.07) is 11.4. The zero-order valence-corrected chi connectivity index (χ0v) is 15.8. The van der Waals surface area contributed by atoms with Crippen molar-refractivity contribution in [3.8, 4) is 17.2 Å². The summed E-state index contributed by atoms with van der Waals surface area (Å²) in [7, 11) is 0. The van der Waals surface area contributed by atoms with Gasteiger partial charge in [-0.1, -0.05) is 17.7 Å². The lowest BCUT2D eigenvalue weighted by atomic mass is 10.1. The van der Waals surface area contributed by atoms with Gasteiger partial charge in [0.05, 0.1) is 17.2 Å². The standard InChI is InChI=1S/C20H18N2O4S/c1-3-24-15-10-17-16(25-11-26-17)8-13(15)9-18-19(23)22-20(27-18)21-14-6-4-12(2)5-7-14/h4-10H,3,11H2,1-2H3,(H,21,22,23)/b18-9+. The summed E-state index contributed by atoms with van der Waals surface area (Å²) in [6.45, 7) is 4.62. The number of hydrogen-bond acceptors (Lipinski definition) is 6. The quantitative estimate of drug-likeness (QED) is 0.809. The van der Waals surface area contributed by atoms with E-state index in [-0.39, 0.29) is 12.7 Å². The van der Waals surface area contributed by atoms with Crippen molar-refractivity contribution in [2.75, 3.05) is 13.4 Å². The smallest absolute Gasteiger partial charge is 0.264 e. The fourth-order valence-corrected chi connectivity index (χ4v) is 3.52. The predicted molar refractivity (Wildman–Crippen MR) is 106 cm³/mol. The fourth-order valence-electron chi connectivity index (χ4n) is 2.69. The highest BCUT2D eigenvalue weighted by molar-refractivity contribution is 8.18. The zero-order valence-electron chi connectivity index (χ0n) is 14.9. The fraction of sp³-hybridized carbons (Fsp3) is 0.200. The van der Waals surface area contributed by atoms with Gasteiger partial charge in [-0.3, -0.25) is 4.79 Å². The second-order valence-electron chi connectivity index (χ2n) is 5.99. The van der Waals surface area contributed by atoms with E-state index in [1.165, 1.54) is 11.8 Å². The van der Waals surface area contributed by atoms with Gasteiger partial charge in [0.25, 0.3) is 5.91 Å². The number of thioether (sulfide) groups is 1. The molecule has 2 aromatic carbocycles. The van der Waals surface area contributed by atoms with Gasteiger partial charge in [0.1, 0.15) is 5.75 Å². The highest BCUT2D eigenvalue weighted by Gasteiger charge is 2.25. The number of amidine groups is 1. The van der Waals surface area contributed by atoms with E-state index in [9.17, 15) is 4.79 Å². The van der Waals surface area contributed by atoms with E-state index in [2.05, 4.69) is 10.3 Å². The van der Waals surface area contributed by atoms with Gasteiger partial charge in [0.2, 0.25) is 6.79 Å². The predicted octanol–water partition coefficient (Wildman–Crippen LogP) is 4.01. The summed E-state index contributed by atoms with van der Waals surface area (Å²) in [5.41, 5.74) is 2.71. The molecule has 0 bridgehead atoms. The van der Waals surface area contributed by atoms with Gasteiger partial charge in [-0.05, 0) is 49.9 Å². The minimum atomic E-state index is -0.189. The van der Waals surface area contributed by atoms with Crippen LogP contribution in [-0.4, -0.2) is 24.5 Å². The lowest BCUT2D eigenvalue weighted by Gasteiger charge is -2.09. The molecule has 0 spiro atoms. The van der Waals surface area contributed by atoms with Gasteiger partial charge in [0.15, 0.2) is 16.7 Å². The molecule has 2 aromatic rings. The van der Waals surface area contributed by atoms with Crippen LogP contribution in [0.4, 0.5) is 5.69 Å². The molecule has 0 aromatic heterocycles. The van der Waals surface area contributed by atoms with Crippen LogP contribution >= 0.6 is 11.8 Å². The lowest BCUT2D eigenvalue weighted by Crippen LogP contribution is -2.19. The second-order valence-corrected chi connectivity index (χ2v) is 7.02. The number of aryl methyl sites for hydroxylation is 1. The third kappa shape index (κ3) is 3.78. The Morgan fingerprint density at radius 3 is 2.70 bits per heavy atom. The second kappa shape index (κ2) is 7.36. The first kappa shape index (κ1) is 17.5. The van der Waals surface area contributed by atoms with Crippen LogP contribution in [0, 0.1) is 6.92 Å². The SMILES string of the molecule is CCOc1cc2c(cc1/C=C1/SC(=Nc3ccc(C)cc3)NC1=O)OCO2. The van der Waals surface area contributed by atoms with Crippen LogP contribution < -0.4 is 19.5 Å². The molecule has 0 saturated carbocycles. The van der Waals surface area contributed by atoms with E-state index in [0.29, 0.717) is 33.9 Å². The summed E-state index contributed by atoms with van der Waals surface area (Å²) < 4.78 is 16.5. The number of amides is 1. The van der Waals surface area contributed by atoms with Crippen LogP contribution in [0.3, 0.4) is 0 Å². The minimum absolute atomic E-state index is 0.184. The Morgan fingerprint density at radius 1 is 1.22 bits per heavy atom. The largest absolute Gasteiger partial charge is 0.493 e. The number of nitrogens with one attached hydrogen (secondary N) is 1. The van der Waals surface area contributed by atoms with Crippen LogP contribution in [0.5, 0.6) is 17.2 Å². The summed E-state index contributed by atoms with van der Waals surface area (Å²) in [6.07, 6.45) is 1.78. The number of fused-ring (bicyclic) bond motifs is 1. The van der Waals surface area contributed by atoms with Crippen LogP contribution in [0.1, 0.15) is 18.1 Å². The van der Waals surface area contributed by atoms with Gasteiger partial charge in [-0.25, -0.2) is 4.99 Å². The van der Waals surface area contributed by atoms with Crippen LogP contribution in [0.2, 0.25) is 0 Å². The molecule has 138 valence electrons. The molecule has 2 aliphatic heterocycles. The average Bonchev–Trinajstić information content (AvgIpc) is 3.23. The van der Waals surface area contributed by atoms with E-state index in [0.717, 1.165) is 16.8 Å². The Hall–Kier alpha value is -2.93. The van der Waals surface area contributed by atoms with Crippen LogP contribution in [-0.2, 0) is 4.79 Å². The number of aliphatic imine (C=N–C) groups is 1. The molecule has 0 atom stereocenters. The Balaban J connectivity index is 1.62. The Labute approximate surface area is 161 Å². The molecule has 1 fully saturated rings. The van der Waals surface area contributed by atoms with Crippen molar-refractivity contribution in [3.05, 3.63) is 52.4 Å².